The number of nitrogens with zero attached hydrogens (tertiary/aromatic N) is 4. The number of hydrogen-bond acceptors (Lipinski definition) is 5. The molecule has 0 aliphatic heterocycles. The van der Waals surface area contributed by atoms with Gasteiger partial charge in [0.1, 0.15) is 5.01 Å². The Morgan fingerprint density at radius 1 is 1.00 bits per heavy atom. The van der Waals surface area contributed by atoms with Crippen molar-refractivity contribution in [3.63, 3.8) is 0 Å². The highest BCUT2D eigenvalue weighted by Crippen LogP contribution is 2.25. The maximum atomic E-state index is 12.3. The van der Waals surface area contributed by atoms with Crippen LogP contribution in [0.5, 0.6) is 0 Å². The number of amides is 1. The van der Waals surface area contributed by atoms with E-state index in [1.807, 2.05) is 66.9 Å². The molecule has 0 unspecified atom stereocenters. The first kappa shape index (κ1) is 16.2. The Balaban J connectivity index is 1.40. The lowest BCUT2D eigenvalue weighted by atomic mass is 10.2. The van der Waals surface area contributed by atoms with Gasteiger partial charge in [0.25, 0.3) is 0 Å². The zero-order valence-corrected chi connectivity index (χ0v) is 14.6. The molecule has 0 saturated heterocycles. The highest BCUT2D eigenvalue weighted by atomic mass is 32.1. The Morgan fingerprint density at radius 3 is 2.50 bits per heavy atom. The zero-order valence-electron chi connectivity index (χ0n) is 13.7. The van der Waals surface area contributed by atoms with E-state index in [1.54, 1.807) is 10.9 Å². The first-order valence-electron chi connectivity index (χ1n) is 8.06. The van der Waals surface area contributed by atoms with E-state index < -0.39 is 0 Å². The third-order valence-electron chi connectivity index (χ3n) is 3.71. The van der Waals surface area contributed by atoms with Crippen LogP contribution >= 0.6 is 11.3 Å². The summed E-state index contributed by atoms with van der Waals surface area (Å²) in [5.41, 5.74) is 2.77. The normalized spacial score (nSPS) is 10.6. The van der Waals surface area contributed by atoms with Gasteiger partial charge in [0.05, 0.1) is 18.3 Å². The van der Waals surface area contributed by atoms with Crippen molar-refractivity contribution >= 4 is 22.4 Å². The van der Waals surface area contributed by atoms with Crippen molar-refractivity contribution in [1.82, 2.24) is 20.0 Å². The van der Waals surface area contributed by atoms with Crippen LogP contribution in [-0.4, -0.2) is 25.9 Å². The molecule has 1 N–H and O–H groups in total. The quantitative estimate of drug-likeness (QED) is 0.590. The summed E-state index contributed by atoms with van der Waals surface area (Å²) in [7, 11) is 0. The minimum Gasteiger partial charge on any atom is -0.300 e. The zero-order chi connectivity index (χ0) is 17.8. The molecule has 4 rings (SSSR count). The van der Waals surface area contributed by atoms with Gasteiger partial charge in [-0.3, -0.25) is 4.79 Å². The second-order valence-electron chi connectivity index (χ2n) is 5.63. The predicted molar refractivity (Wildman–Crippen MR) is 101 cm³/mol. The van der Waals surface area contributed by atoms with Crippen LogP contribution in [0.1, 0.15) is 5.56 Å². The van der Waals surface area contributed by atoms with Gasteiger partial charge in [0.2, 0.25) is 11.0 Å². The van der Waals surface area contributed by atoms with Crippen molar-refractivity contribution in [2.75, 3.05) is 5.32 Å². The molecule has 2 aromatic heterocycles. The second kappa shape index (κ2) is 7.28. The predicted octanol–water partition coefficient (Wildman–Crippen LogP) is 3.57. The molecule has 2 heterocycles. The molecule has 1 amide bonds. The number of anilines is 1. The summed E-state index contributed by atoms with van der Waals surface area (Å²) in [5.74, 6) is -0.145. The molecule has 0 bridgehead atoms. The van der Waals surface area contributed by atoms with Gasteiger partial charge in [0.15, 0.2) is 0 Å². The highest BCUT2D eigenvalue weighted by Gasteiger charge is 2.11. The van der Waals surface area contributed by atoms with Crippen molar-refractivity contribution in [2.45, 2.75) is 6.42 Å². The van der Waals surface area contributed by atoms with Crippen LogP contribution in [0.3, 0.4) is 0 Å². The summed E-state index contributed by atoms with van der Waals surface area (Å²) in [6.45, 7) is 0. The van der Waals surface area contributed by atoms with Crippen molar-refractivity contribution in [2.24, 2.45) is 0 Å². The van der Waals surface area contributed by atoms with Gasteiger partial charge in [-0.2, -0.15) is 5.10 Å². The van der Waals surface area contributed by atoms with E-state index in [2.05, 4.69) is 20.6 Å². The molecule has 0 saturated carbocycles. The van der Waals surface area contributed by atoms with E-state index in [1.165, 1.54) is 11.3 Å². The van der Waals surface area contributed by atoms with Gasteiger partial charge in [-0.25, -0.2) is 4.68 Å². The SMILES string of the molecule is O=C(Cc1cnn(-c2ccccc2)c1)Nc1nnc(-c2ccccc2)s1. The smallest absolute Gasteiger partial charge is 0.230 e. The molecule has 0 spiro atoms. The van der Waals surface area contributed by atoms with Gasteiger partial charge in [-0.15, -0.1) is 10.2 Å². The maximum absolute atomic E-state index is 12.3. The number of benzene rings is 2. The van der Waals surface area contributed by atoms with Gasteiger partial charge in [0, 0.05) is 11.8 Å². The van der Waals surface area contributed by atoms with Crippen molar-refractivity contribution in [3.8, 4) is 16.3 Å². The van der Waals surface area contributed by atoms with Crippen LogP contribution in [0.4, 0.5) is 5.13 Å². The van der Waals surface area contributed by atoms with Crippen molar-refractivity contribution in [1.29, 1.82) is 0 Å². The number of carbonyl (C=O) groups is 1. The minimum atomic E-state index is -0.145. The Hall–Kier alpha value is -3.32. The summed E-state index contributed by atoms with van der Waals surface area (Å²) in [5, 5.41) is 16.5. The van der Waals surface area contributed by atoms with Gasteiger partial charge >= 0.3 is 0 Å². The fourth-order valence-corrected chi connectivity index (χ4v) is 3.26. The summed E-state index contributed by atoms with van der Waals surface area (Å²) in [6.07, 6.45) is 3.78. The Kier molecular flexibility index (Phi) is 4.53. The van der Waals surface area contributed by atoms with Crippen LogP contribution in [-0.2, 0) is 11.2 Å². The molecular weight excluding hydrogens is 346 g/mol. The van der Waals surface area contributed by atoms with Crippen LogP contribution in [0, 0.1) is 0 Å². The number of aromatic nitrogens is 4. The molecule has 4 aromatic rings. The molecule has 2 aromatic carbocycles. The topological polar surface area (TPSA) is 72.7 Å². The van der Waals surface area contributed by atoms with Crippen LogP contribution in [0.2, 0.25) is 0 Å². The number of hydrogen-bond donors (Lipinski definition) is 1. The Morgan fingerprint density at radius 2 is 1.73 bits per heavy atom. The average Bonchev–Trinajstić information content (AvgIpc) is 3.33. The van der Waals surface area contributed by atoms with Gasteiger partial charge < -0.3 is 5.32 Å². The van der Waals surface area contributed by atoms with Crippen LogP contribution < -0.4 is 5.32 Å². The first-order chi connectivity index (χ1) is 12.8. The lowest BCUT2D eigenvalue weighted by Gasteiger charge is -2.00. The molecule has 128 valence electrons. The van der Waals surface area contributed by atoms with Crippen LogP contribution in [0.15, 0.2) is 73.1 Å². The summed E-state index contributed by atoms with van der Waals surface area (Å²) in [4.78, 5) is 12.3. The summed E-state index contributed by atoms with van der Waals surface area (Å²) in [6, 6.07) is 19.5. The molecular formula is C19H15N5OS. The third-order valence-corrected chi connectivity index (χ3v) is 4.60. The summed E-state index contributed by atoms with van der Waals surface area (Å²) < 4.78 is 1.75. The Labute approximate surface area is 154 Å². The van der Waals surface area contributed by atoms with Crippen molar-refractivity contribution in [3.05, 3.63) is 78.6 Å². The number of para-hydroxylation sites is 1. The summed E-state index contributed by atoms with van der Waals surface area (Å²) >= 11 is 1.35. The third kappa shape index (κ3) is 3.68. The fourth-order valence-electron chi connectivity index (χ4n) is 2.49. The Bertz CT molecular complexity index is 929. The van der Waals surface area contributed by atoms with Gasteiger partial charge in [-0.05, 0) is 17.7 Å². The number of rotatable bonds is 5. The average molecular weight is 361 g/mol. The molecule has 0 aliphatic carbocycles. The first-order valence-corrected chi connectivity index (χ1v) is 8.87. The highest BCUT2D eigenvalue weighted by molar-refractivity contribution is 7.18. The van der Waals surface area contributed by atoms with E-state index in [-0.39, 0.29) is 12.3 Å². The molecule has 7 heteroatoms. The minimum absolute atomic E-state index is 0.145. The maximum Gasteiger partial charge on any atom is 0.230 e. The molecule has 0 aliphatic rings. The molecule has 6 nitrogen and oxygen atoms in total. The van der Waals surface area contributed by atoms with E-state index >= 15 is 0 Å². The number of nitrogens with one attached hydrogen (secondary N) is 1. The lowest BCUT2D eigenvalue weighted by molar-refractivity contribution is -0.115. The molecule has 0 radical (unpaired) electrons. The molecule has 0 fully saturated rings. The second-order valence-corrected chi connectivity index (χ2v) is 6.61. The van der Waals surface area contributed by atoms with Crippen LogP contribution in [0.25, 0.3) is 16.3 Å². The largest absolute Gasteiger partial charge is 0.300 e. The van der Waals surface area contributed by atoms with E-state index in [4.69, 9.17) is 0 Å². The lowest BCUT2D eigenvalue weighted by Crippen LogP contribution is -2.13. The fraction of sp³-hybridized carbons (Fsp3) is 0.0526. The van der Waals surface area contributed by atoms with Crippen molar-refractivity contribution < 1.29 is 4.79 Å². The van der Waals surface area contributed by atoms with E-state index in [0.717, 1.165) is 21.8 Å². The van der Waals surface area contributed by atoms with Gasteiger partial charge in [-0.1, -0.05) is 59.9 Å². The van der Waals surface area contributed by atoms with E-state index in [0.29, 0.717) is 5.13 Å². The monoisotopic (exact) mass is 361 g/mol. The standard InChI is InChI=1S/C19H15N5OS/c25-17(11-14-12-20-24(13-14)16-9-5-2-6-10-16)21-19-23-22-18(26-19)15-7-3-1-4-8-15/h1-10,12-13H,11H2,(H,21,23,25). The molecule has 0 atom stereocenters. The molecule has 26 heavy (non-hydrogen) atoms. The number of carbonyl (C=O) groups excluding carboxylic acids is 1. The van der Waals surface area contributed by atoms with E-state index in [9.17, 15) is 4.79 Å².